The molecule has 2 aliphatic rings. The zero-order valence-electron chi connectivity index (χ0n) is 16.8. The second-order valence-corrected chi connectivity index (χ2v) is 10.2. The van der Waals surface area contributed by atoms with E-state index in [-0.39, 0.29) is 23.3 Å². The summed E-state index contributed by atoms with van der Waals surface area (Å²) < 4.78 is 27.4. The molecule has 8 heteroatoms. The number of nitrogens with zero attached hydrogens (tertiary/aromatic N) is 3. The molecule has 1 unspecified atom stereocenters. The van der Waals surface area contributed by atoms with Gasteiger partial charge in [-0.15, -0.1) is 0 Å². The van der Waals surface area contributed by atoms with E-state index in [1.165, 1.54) is 4.31 Å². The molecule has 2 aromatic carbocycles. The molecule has 2 aromatic rings. The van der Waals surface area contributed by atoms with Crippen LogP contribution < -0.4 is 4.90 Å². The highest BCUT2D eigenvalue weighted by molar-refractivity contribution is 7.89. The Morgan fingerprint density at radius 3 is 2.23 bits per heavy atom. The monoisotopic (exact) mass is 447 g/mol. The van der Waals surface area contributed by atoms with Gasteiger partial charge in [0.25, 0.3) is 0 Å². The topological polar surface area (TPSA) is 60.9 Å². The Morgan fingerprint density at radius 2 is 1.57 bits per heavy atom. The molecule has 6 nitrogen and oxygen atoms in total. The smallest absolute Gasteiger partial charge is 0.243 e. The van der Waals surface area contributed by atoms with Crippen molar-refractivity contribution in [2.45, 2.75) is 17.7 Å². The molecule has 2 fully saturated rings. The summed E-state index contributed by atoms with van der Waals surface area (Å²) in [5.41, 5.74) is 1.10. The average molecular weight is 448 g/mol. The lowest BCUT2D eigenvalue weighted by Crippen LogP contribution is -2.53. The van der Waals surface area contributed by atoms with Gasteiger partial charge >= 0.3 is 0 Å². The molecule has 160 valence electrons. The minimum absolute atomic E-state index is 0.0683. The van der Waals surface area contributed by atoms with Gasteiger partial charge < -0.3 is 9.80 Å². The van der Waals surface area contributed by atoms with Gasteiger partial charge in [0.2, 0.25) is 15.9 Å². The van der Waals surface area contributed by atoms with Gasteiger partial charge in [-0.2, -0.15) is 4.31 Å². The number of rotatable bonds is 4. The molecule has 0 radical (unpaired) electrons. The van der Waals surface area contributed by atoms with Crippen molar-refractivity contribution >= 4 is 33.2 Å². The van der Waals surface area contributed by atoms with Crippen LogP contribution in [0.3, 0.4) is 0 Å². The number of benzene rings is 2. The van der Waals surface area contributed by atoms with Gasteiger partial charge in [0.05, 0.1) is 10.8 Å². The third-order valence-corrected chi connectivity index (χ3v) is 8.03. The minimum atomic E-state index is -3.56. The maximum absolute atomic E-state index is 13.1. The molecule has 2 aliphatic heterocycles. The Hall–Kier alpha value is -2.09. The summed E-state index contributed by atoms with van der Waals surface area (Å²) in [6.45, 7) is 3.52. The van der Waals surface area contributed by atoms with Crippen LogP contribution in [0.1, 0.15) is 12.8 Å². The number of carbonyl (C=O) groups is 1. The van der Waals surface area contributed by atoms with Gasteiger partial charge in [0.15, 0.2) is 0 Å². The van der Waals surface area contributed by atoms with Gasteiger partial charge in [-0.05, 0) is 49.2 Å². The van der Waals surface area contributed by atoms with Crippen molar-refractivity contribution in [1.29, 1.82) is 0 Å². The van der Waals surface area contributed by atoms with Crippen molar-refractivity contribution in [3.63, 3.8) is 0 Å². The fraction of sp³-hybridized carbons (Fsp3) is 0.409. The minimum Gasteiger partial charge on any atom is -0.368 e. The summed E-state index contributed by atoms with van der Waals surface area (Å²) in [5.74, 6) is -0.210. The van der Waals surface area contributed by atoms with E-state index >= 15 is 0 Å². The number of hydrogen-bond acceptors (Lipinski definition) is 4. The molecule has 1 amide bonds. The van der Waals surface area contributed by atoms with Crippen molar-refractivity contribution in [1.82, 2.24) is 9.21 Å². The van der Waals surface area contributed by atoms with E-state index in [1.54, 1.807) is 30.3 Å². The van der Waals surface area contributed by atoms with Crippen LogP contribution in [-0.2, 0) is 14.8 Å². The van der Waals surface area contributed by atoms with E-state index in [2.05, 4.69) is 4.90 Å². The highest BCUT2D eigenvalue weighted by Gasteiger charge is 2.35. The number of piperidine rings is 1. The Bertz CT molecular complexity index is 974. The van der Waals surface area contributed by atoms with Gasteiger partial charge in [0, 0.05) is 50.0 Å². The second kappa shape index (κ2) is 8.96. The van der Waals surface area contributed by atoms with E-state index < -0.39 is 10.0 Å². The fourth-order valence-electron chi connectivity index (χ4n) is 4.20. The van der Waals surface area contributed by atoms with E-state index in [0.29, 0.717) is 31.1 Å². The highest BCUT2D eigenvalue weighted by Crippen LogP contribution is 2.26. The zero-order valence-corrected chi connectivity index (χ0v) is 18.4. The van der Waals surface area contributed by atoms with Crippen molar-refractivity contribution in [2.24, 2.45) is 5.92 Å². The number of sulfonamides is 1. The maximum atomic E-state index is 13.1. The number of halogens is 1. The number of hydrogen-bond donors (Lipinski definition) is 0. The molecule has 0 aliphatic carbocycles. The van der Waals surface area contributed by atoms with Crippen LogP contribution in [0.25, 0.3) is 0 Å². The van der Waals surface area contributed by atoms with E-state index in [1.807, 2.05) is 29.2 Å². The summed E-state index contributed by atoms with van der Waals surface area (Å²) in [6, 6.07) is 16.2. The summed E-state index contributed by atoms with van der Waals surface area (Å²) >= 11 is 5.97. The zero-order chi connectivity index (χ0) is 21.1. The van der Waals surface area contributed by atoms with Crippen molar-refractivity contribution in [3.05, 3.63) is 59.6 Å². The first-order valence-electron chi connectivity index (χ1n) is 10.3. The lowest BCUT2D eigenvalue weighted by Gasteiger charge is -2.39. The molecule has 0 aromatic heterocycles. The predicted molar refractivity (Wildman–Crippen MR) is 118 cm³/mol. The van der Waals surface area contributed by atoms with Crippen molar-refractivity contribution in [2.75, 3.05) is 44.2 Å². The third-order valence-electron chi connectivity index (χ3n) is 5.90. The van der Waals surface area contributed by atoms with Crippen molar-refractivity contribution in [3.8, 4) is 0 Å². The summed E-state index contributed by atoms with van der Waals surface area (Å²) in [7, 11) is -3.56. The second-order valence-electron chi connectivity index (χ2n) is 7.80. The first-order chi connectivity index (χ1) is 14.4. The highest BCUT2D eigenvalue weighted by atomic mass is 35.5. The number of anilines is 1. The van der Waals surface area contributed by atoms with Crippen LogP contribution in [0, 0.1) is 5.92 Å². The van der Waals surface area contributed by atoms with Gasteiger partial charge in [-0.1, -0.05) is 29.8 Å². The Balaban J connectivity index is 1.37. The number of amides is 1. The van der Waals surface area contributed by atoms with E-state index in [9.17, 15) is 13.2 Å². The van der Waals surface area contributed by atoms with Gasteiger partial charge in [-0.3, -0.25) is 4.79 Å². The van der Waals surface area contributed by atoms with Crippen LogP contribution in [0.4, 0.5) is 5.69 Å². The number of carbonyl (C=O) groups excluding carboxylic acids is 1. The lowest BCUT2D eigenvalue weighted by atomic mass is 9.97. The maximum Gasteiger partial charge on any atom is 0.243 e. The fourth-order valence-corrected chi connectivity index (χ4v) is 5.87. The molecule has 2 heterocycles. The van der Waals surface area contributed by atoms with Gasteiger partial charge in [-0.25, -0.2) is 8.42 Å². The van der Waals surface area contributed by atoms with E-state index in [0.717, 1.165) is 25.2 Å². The molecule has 0 saturated carbocycles. The molecule has 4 rings (SSSR count). The SMILES string of the molecule is O=C(C1CCCN(S(=O)(=O)c2ccccc2)C1)N1CCN(c2ccc(Cl)cc2)CC1. The molecule has 30 heavy (non-hydrogen) atoms. The quantitative estimate of drug-likeness (QED) is 0.722. The molecule has 1 atom stereocenters. The predicted octanol–water partition coefficient (Wildman–Crippen LogP) is 3.09. The molecular formula is C22H26ClN3O3S. The Labute approximate surface area is 183 Å². The molecule has 0 bridgehead atoms. The Kier molecular flexibility index (Phi) is 6.32. The van der Waals surface area contributed by atoms with Crippen LogP contribution in [0.2, 0.25) is 5.02 Å². The first kappa shape index (κ1) is 21.2. The van der Waals surface area contributed by atoms with Crippen LogP contribution in [0.5, 0.6) is 0 Å². The molecule has 0 N–H and O–H groups in total. The standard InChI is InChI=1S/C22H26ClN3O3S/c23-19-8-10-20(11-9-19)24-13-15-25(16-14-24)22(27)18-5-4-12-26(17-18)30(28,29)21-6-2-1-3-7-21/h1-3,6-11,18H,4-5,12-17H2. The van der Waals surface area contributed by atoms with Gasteiger partial charge in [0.1, 0.15) is 0 Å². The molecule has 2 saturated heterocycles. The summed E-state index contributed by atoms with van der Waals surface area (Å²) in [5, 5.41) is 0.708. The Morgan fingerprint density at radius 1 is 0.900 bits per heavy atom. The molecule has 0 spiro atoms. The molecular weight excluding hydrogens is 422 g/mol. The van der Waals surface area contributed by atoms with Crippen LogP contribution in [0.15, 0.2) is 59.5 Å². The van der Waals surface area contributed by atoms with Crippen LogP contribution in [-0.4, -0.2) is 62.8 Å². The lowest BCUT2D eigenvalue weighted by molar-refractivity contribution is -0.137. The average Bonchev–Trinajstić information content (AvgIpc) is 2.80. The third kappa shape index (κ3) is 4.48. The normalized spacial score (nSPS) is 20.9. The van der Waals surface area contributed by atoms with Crippen LogP contribution >= 0.6 is 11.6 Å². The first-order valence-corrected chi connectivity index (χ1v) is 12.1. The van der Waals surface area contributed by atoms with Crippen molar-refractivity contribution < 1.29 is 13.2 Å². The van der Waals surface area contributed by atoms with E-state index in [4.69, 9.17) is 11.6 Å². The number of piperazine rings is 1. The summed E-state index contributed by atoms with van der Waals surface area (Å²) in [4.78, 5) is 17.5. The largest absolute Gasteiger partial charge is 0.368 e. The summed E-state index contributed by atoms with van der Waals surface area (Å²) in [6.07, 6.45) is 1.43.